The van der Waals surface area contributed by atoms with Gasteiger partial charge in [-0.15, -0.1) is 21.5 Å². The zero-order valence-corrected chi connectivity index (χ0v) is 17.3. The van der Waals surface area contributed by atoms with Gasteiger partial charge in [0.1, 0.15) is 0 Å². The van der Waals surface area contributed by atoms with Gasteiger partial charge in [-0.05, 0) is 36.5 Å². The van der Waals surface area contributed by atoms with Crippen LogP contribution in [0.5, 0.6) is 0 Å². The Balaban J connectivity index is 1.42. The Morgan fingerprint density at radius 2 is 1.90 bits per heavy atom. The molecule has 30 heavy (non-hydrogen) atoms. The molecule has 1 aromatic carbocycles. The molecule has 1 aliphatic carbocycles. The molecule has 1 saturated carbocycles. The molecule has 3 aromatic rings. The lowest BCUT2D eigenvalue weighted by Crippen LogP contribution is -2.34. The number of nitrogens with one attached hydrogen (secondary N) is 2. The van der Waals surface area contributed by atoms with Crippen LogP contribution in [0.1, 0.15) is 44.9 Å². The van der Waals surface area contributed by atoms with Crippen LogP contribution in [0.4, 0.5) is 10.8 Å². The fourth-order valence-corrected chi connectivity index (χ4v) is 4.63. The number of hydrogen-bond donors (Lipinski definition) is 2. The molecular weight excluding hydrogens is 402 g/mol. The lowest BCUT2D eigenvalue weighted by Gasteiger charge is -2.36. The lowest BCUT2D eigenvalue weighted by atomic mass is 9.69. The highest BCUT2D eigenvalue weighted by atomic mass is 32.1. The standard InChI is InChI=1S/C21H23N5O3S/c27-17(24-16-6-4-5-15(11-16)19-26-23-14-29-19)12-21(7-2-1-3-8-21)13-18(28)25-20-22-9-10-30-20/h4-6,9-11,14H,1-3,7-8,12-13H2,(H,24,27)(H,22,25,28). The fraction of sp³-hybridized carbons (Fsp3) is 0.381. The summed E-state index contributed by atoms with van der Waals surface area (Å²) in [5.74, 6) is 0.216. The minimum atomic E-state index is -0.326. The molecule has 8 nitrogen and oxygen atoms in total. The Morgan fingerprint density at radius 1 is 1.10 bits per heavy atom. The summed E-state index contributed by atoms with van der Waals surface area (Å²) in [7, 11) is 0. The largest absolute Gasteiger partial charge is 0.423 e. The van der Waals surface area contributed by atoms with Crippen molar-refractivity contribution in [3.8, 4) is 11.5 Å². The first kappa shape index (κ1) is 20.2. The van der Waals surface area contributed by atoms with Crippen LogP contribution in [0.25, 0.3) is 11.5 Å². The van der Waals surface area contributed by atoms with Gasteiger partial charge in [0.05, 0.1) is 0 Å². The molecule has 0 unspecified atom stereocenters. The molecule has 0 radical (unpaired) electrons. The highest BCUT2D eigenvalue weighted by Crippen LogP contribution is 2.42. The Kier molecular flexibility index (Phi) is 6.18. The predicted molar refractivity (Wildman–Crippen MR) is 114 cm³/mol. The number of rotatable bonds is 7. The third-order valence-corrected chi connectivity index (χ3v) is 6.11. The second-order valence-corrected chi connectivity index (χ2v) is 8.57. The van der Waals surface area contributed by atoms with Crippen LogP contribution in [0.15, 0.2) is 46.7 Å². The summed E-state index contributed by atoms with van der Waals surface area (Å²) in [5.41, 5.74) is 1.07. The van der Waals surface area contributed by atoms with Gasteiger partial charge < -0.3 is 15.1 Å². The van der Waals surface area contributed by atoms with E-state index in [0.29, 0.717) is 29.6 Å². The quantitative estimate of drug-likeness (QED) is 0.577. The van der Waals surface area contributed by atoms with Crippen molar-refractivity contribution in [2.75, 3.05) is 10.6 Å². The molecular formula is C21H23N5O3S. The molecule has 2 aromatic heterocycles. The van der Waals surface area contributed by atoms with Crippen molar-refractivity contribution >= 4 is 34.0 Å². The average Bonchev–Trinajstić information content (AvgIpc) is 3.42. The SMILES string of the molecule is O=C(CC1(CC(=O)Nc2nccs2)CCCCC1)Nc1cccc(-c2nnco2)c1. The number of carbonyl (C=O) groups is 2. The van der Waals surface area contributed by atoms with Crippen molar-refractivity contribution in [1.82, 2.24) is 15.2 Å². The lowest BCUT2D eigenvalue weighted by molar-refractivity contribution is -0.122. The molecule has 1 fully saturated rings. The Morgan fingerprint density at radius 3 is 2.60 bits per heavy atom. The molecule has 0 bridgehead atoms. The summed E-state index contributed by atoms with van der Waals surface area (Å²) in [6.07, 6.45) is 8.50. The van der Waals surface area contributed by atoms with Gasteiger partial charge in [-0.2, -0.15) is 0 Å². The summed E-state index contributed by atoms with van der Waals surface area (Å²) in [5, 5.41) is 15.8. The maximum Gasteiger partial charge on any atom is 0.247 e. The molecule has 1 aliphatic rings. The van der Waals surface area contributed by atoms with Crippen molar-refractivity contribution in [2.45, 2.75) is 44.9 Å². The van der Waals surface area contributed by atoms with Crippen LogP contribution in [-0.4, -0.2) is 27.0 Å². The number of carbonyl (C=O) groups excluding carboxylic acids is 2. The van der Waals surface area contributed by atoms with Gasteiger partial charge >= 0.3 is 0 Å². The minimum Gasteiger partial charge on any atom is -0.423 e. The monoisotopic (exact) mass is 425 g/mol. The molecule has 156 valence electrons. The van der Waals surface area contributed by atoms with Crippen molar-refractivity contribution < 1.29 is 14.0 Å². The second kappa shape index (κ2) is 9.17. The van der Waals surface area contributed by atoms with Crippen molar-refractivity contribution in [1.29, 1.82) is 0 Å². The normalized spacial score (nSPS) is 15.5. The smallest absolute Gasteiger partial charge is 0.247 e. The van der Waals surface area contributed by atoms with E-state index < -0.39 is 0 Å². The molecule has 2 amide bonds. The molecule has 4 rings (SSSR count). The molecule has 9 heteroatoms. The van der Waals surface area contributed by atoms with E-state index in [1.165, 1.54) is 17.7 Å². The second-order valence-electron chi connectivity index (χ2n) is 7.67. The van der Waals surface area contributed by atoms with E-state index >= 15 is 0 Å². The Hall–Kier alpha value is -3.07. The summed E-state index contributed by atoms with van der Waals surface area (Å²) in [6, 6.07) is 7.29. The zero-order chi connectivity index (χ0) is 20.8. The number of thiazole rings is 1. The van der Waals surface area contributed by atoms with Crippen molar-refractivity contribution in [3.05, 3.63) is 42.2 Å². The number of hydrogen-bond acceptors (Lipinski definition) is 7. The first-order valence-electron chi connectivity index (χ1n) is 9.98. The van der Waals surface area contributed by atoms with Crippen LogP contribution in [0, 0.1) is 5.41 Å². The zero-order valence-electron chi connectivity index (χ0n) is 16.5. The van der Waals surface area contributed by atoms with E-state index in [9.17, 15) is 9.59 Å². The van der Waals surface area contributed by atoms with Crippen LogP contribution >= 0.6 is 11.3 Å². The van der Waals surface area contributed by atoms with Crippen LogP contribution in [0.2, 0.25) is 0 Å². The van der Waals surface area contributed by atoms with E-state index in [1.54, 1.807) is 12.3 Å². The first-order chi connectivity index (χ1) is 14.6. The molecule has 2 heterocycles. The van der Waals surface area contributed by atoms with E-state index in [2.05, 4.69) is 25.8 Å². The number of amides is 2. The maximum absolute atomic E-state index is 12.9. The molecule has 0 spiro atoms. The topological polar surface area (TPSA) is 110 Å². The summed E-state index contributed by atoms with van der Waals surface area (Å²) in [4.78, 5) is 29.6. The van der Waals surface area contributed by atoms with Gasteiger partial charge in [0.2, 0.25) is 24.1 Å². The summed E-state index contributed by atoms with van der Waals surface area (Å²) < 4.78 is 5.22. The van der Waals surface area contributed by atoms with Gasteiger partial charge in [-0.25, -0.2) is 4.98 Å². The van der Waals surface area contributed by atoms with Crippen LogP contribution in [0.3, 0.4) is 0 Å². The van der Waals surface area contributed by atoms with Gasteiger partial charge in [0, 0.05) is 35.7 Å². The molecule has 2 N–H and O–H groups in total. The highest BCUT2D eigenvalue weighted by molar-refractivity contribution is 7.13. The van der Waals surface area contributed by atoms with E-state index in [-0.39, 0.29) is 17.2 Å². The highest BCUT2D eigenvalue weighted by Gasteiger charge is 2.36. The van der Waals surface area contributed by atoms with Gasteiger partial charge in [-0.3, -0.25) is 9.59 Å². The fourth-order valence-electron chi connectivity index (χ4n) is 4.08. The Bertz CT molecular complexity index is 982. The summed E-state index contributed by atoms with van der Waals surface area (Å²) in [6.45, 7) is 0. The Labute approximate surface area is 178 Å². The minimum absolute atomic E-state index is 0.0851. The third-order valence-electron chi connectivity index (χ3n) is 5.42. The van der Waals surface area contributed by atoms with Gasteiger partial charge in [-0.1, -0.05) is 25.3 Å². The number of aromatic nitrogens is 3. The molecule has 0 aliphatic heterocycles. The molecule has 0 saturated heterocycles. The number of nitrogens with zero attached hydrogens (tertiary/aromatic N) is 3. The number of benzene rings is 1. The number of anilines is 2. The summed E-state index contributed by atoms with van der Waals surface area (Å²) >= 11 is 1.39. The van der Waals surface area contributed by atoms with Crippen molar-refractivity contribution in [2.24, 2.45) is 5.41 Å². The van der Waals surface area contributed by atoms with E-state index in [0.717, 1.165) is 37.7 Å². The van der Waals surface area contributed by atoms with Crippen LogP contribution in [-0.2, 0) is 9.59 Å². The average molecular weight is 426 g/mol. The van der Waals surface area contributed by atoms with Gasteiger partial charge in [0.15, 0.2) is 5.13 Å². The molecule has 0 atom stereocenters. The maximum atomic E-state index is 12.9. The first-order valence-corrected chi connectivity index (χ1v) is 10.9. The van der Waals surface area contributed by atoms with E-state index in [1.807, 2.05) is 23.6 Å². The van der Waals surface area contributed by atoms with E-state index in [4.69, 9.17) is 4.42 Å². The van der Waals surface area contributed by atoms with Crippen molar-refractivity contribution in [3.63, 3.8) is 0 Å². The third kappa shape index (κ3) is 5.10. The van der Waals surface area contributed by atoms with Crippen LogP contribution < -0.4 is 10.6 Å². The predicted octanol–water partition coefficient (Wildman–Crippen LogP) is 4.50. The van der Waals surface area contributed by atoms with Gasteiger partial charge in [0.25, 0.3) is 0 Å².